The predicted octanol–water partition coefficient (Wildman–Crippen LogP) is 5.59. The molecule has 2 fully saturated rings. The van der Waals surface area contributed by atoms with Crippen molar-refractivity contribution in [1.82, 2.24) is 9.88 Å². The molecule has 6 heteroatoms. The number of thiazole rings is 1. The molecule has 1 amide bonds. The Labute approximate surface area is 185 Å². The number of amides is 1. The second-order valence-corrected chi connectivity index (χ2v) is 10.2. The molecule has 2 aliphatic heterocycles. The number of aromatic nitrogens is 1. The number of hydrogen-bond donors (Lipinski definition) is 0. The van der Waals surface area contributed by atoms with Gasteiger partial charge in [-0.15, -0.1) is 23.1 Å². The van der Waals surface area contributed by atoms with Crippen molar-refractivity contribution < 1.29 is 9.53 Å². The van der Waals surface area contributed by atoms with Gasteiger partial charge in [0.15, 0.2) is 0 Å². The minimum atomic E-state index is 0.149. The molecule has 3 aromatic rings. The lowest BCUT2D eigenvalue weighted by Gasteiger charge is -2.32. The number of rotatable bonds is 5. The van der Waals surface area contributed by atoms with E-state index in [4.69, 9.17) is 9.72 Å². The summed E-state index contributed by atoms with van der Waals surface area (Å²) in [6, 6.07) is 16.3. The fraction of sp³-hybridized carbons (Fsp3) is 0.417. The molecule has 30 heavy (non-hydrogen) atoms. The average molecular weight is 439 g/mol. The van der Waals surface area contributed by atoms with Gasteiger partial charge in [0.1, 0.15) is 0 Å². The van der Waals surface area contributed by atoms with Gasteiger partial charge in [-0.3, -0.25) is 4.79 Å². The Kier molecular flexibility index (Phi) is 6.07. The first-order valence-corrected chi connectivity index (χ1v) is 12.6. The molecule has 2 atom stereocenters. The van der Waals surface area contributed by atoms with Crippen LogP contribution in [0.5, 0.6) is 0 Å². The number of benzene rings is 2. The van der Waals surface area contributed by atoms with Crippen molar-refractivity contribution in [2.24, 2.45) is 0 Å². The third kappa shape index (κ3) is 4.27. The van der Waals surface area contributed by atoms with Gasteiger partial charge in [-0.25, -0.2) is 4.98 Å². The smallest absolute Gasteiger partial charge is 0.255 e. The first-order valence-electron chi connectivity index (χ1n) is 10.8. The molecule has 3 heterocycles. The van der Waals surface area contributed by atoms with Crippen LogP contribution in [0.15, 0.2) is 53.4 Å². The Hall–Kier alpha value is -1.89. The van der Waals surface area contributed by atoms with Crippen molar-refractivity contribution in [2.75, 3.05) is 25.4 Å². The zero-order chi connectivity index (χ0) is 20.3. The highest BCUT2D eigenvalue weighted by atomic mass is 32.2. The molecule has 1 aromatic heterocycles. The van der Waals surface area contributed by atoms with Gasteiger partial charge in [-0.05, 0) is 49.9 Å². The molecule has 156 valence electrons. The summed E-state index contributed by atoms with van der Waals surface area (Å²) in [4.78, 5) is 21.4. The Morgan fingerprint density at radius 2 is 2.00 bits per heavy atom. The maximum atomic E-state index is 13.4. The minimum Gasteiger partial charge on any atom is -0.377 e. The number of likely N-dealkylation sites (tertiary alicyclic amines) is 1. The summed E-state index contributed by atoms with van der Waals surface area (Å²) < 4.78 is 6.99. The highest BCUT2D eigenvalue weighted by Gasteiger charge is 2.28. The van der Waals surface area contributed by atoms with Crippen LogP contribution < -0.4 is 0 Å². The first-order chi connectivity index (χ1) is 14.8. The van der Waals surface area contributed by atoms with Gasteiger partial charge in [-0.1, -0.05) is 24.3 Å². The number of carbonyl (C=O) groups is 1. The predicted molar refractivity (Wildman–Crippen MR) is 124 cm³/mol. The summed E-state index contributed by atoms with van der Waals surface area (Å²) in [5.41, 5.74) is 1.89. The highest BCUT2D eigenvalue weighted by molar-refractivity contribution is 7.99. The number of fused-ring (bicyclic) bond motifs is 1. The van der Waals surface area contributed by atoms with Crippen molar-refractivity contribution in [3.63, 3.8) is 0 Å². The summed E-state index contributed by atoms with van der Waals surface area (Å²) in [6.45, 7) is 2.45. The van der Waals surface area contributed by atoms with E-state index in [1.165, 1.54) is 4.70 Å². The molecule has 0 unspecified atom stereocenters. The van der Waals surface area contributed by atoms with E-state index in [9.17, 15) is 4.79 Å². The summed E-state index contributed by atoms with van der Waals surface area (Å²) >= 11 is 3.53. The Morgan fingerprint density at radius 1 is 1.13 bits per heavy atom. The summed E-state index contributed by atoms with van der Waals surface area (Å²) in [6.07, 6.45) is 4.71. The zero-order valence-corrected chi connectivity index (χ0v) is 18.6. The number of ether oxygens (including phenoxy) is 1. The molecule has 2 aliphatic rings. The van der Waals surface area contributed by atoms with Crippen LogP contribution in [0.4, 0.5) is 0 Å². The molecule has 0 N–H and O–H groups in total. The van der Waals surface area contributed by atoms with E-state index in [0.29, 0.717) is 12.0 Å². The van der Waals surface area contributed by atoms with Crippen LogP contribution in [0, 0.1) is 0 Å². The lowest BCUT2D eigenvalue weighted by molar-refractivity contribution is 0.0703. The quantitative estimate of drug-likeness (QED) is 0.487. The van der Waals surface area contributed by atoms with Gasteiger partial charge >= 0.3 is 0 Å². The van der Waals surface area contributed by atoms with Crippen molar-refractivity contribution in [3.8, 4) is 0 Å². The summed E-state index contributed by atoms with van der Waals surface area (Å²) in [5.74, 6) is 1.39. The van der Waals surface area contributed by atoms with Crippen molar-refractivity contribution in [3.05, 3.63) is 59.1 Å². The van der Waals surface area contributed by atoms with E-state index >= 15 is 0 Å². The third-order valence-corrected chi connectivity index (χ3v) is 8.34. The minimum absolute atomic E-state index is 0.149. The van der Waals surface area contributed by atoms with Crippen LogP contribution in [0.1, 0.15) is 47.0 Å². The zero-order valence-electron chi connectivity index (χ0n) is 17.0. The molecule has 4 nitrogen and oxygen atoms in total. The average Bonchev–Trinajstić information content (AvgIpc) is 3.47. The fourth-order valence-corrected chi connectivity index (χ4v) is 6.53. The van der Waals surface area contributed by atoms with Gasteiger partial charge in [-0.2, -0.15) is 0 Å². The van der Waals surface area contributed by atoms with Crippen LogP contribution in [-0.4, -0.2) is 47.3 Å². The van der Waals surface area contributed by atoms with Crippen LogP contribution in [-0.2, 0) is 4.74 Å². The number of thioether (sulfide) groups is 1. The topological polar surface area (TPSA) is 42.4 Å². The molecule has 5 rings (SSSR count). The molecule has 0 saturated carbocycles. The largest absolute Gasteiger partial charge is 0.377 e. The van der Waals surface area contributed by atoms with Crippen molar-refractivity contribution in [1.29, 1.82) is 0 Å². The molecular formula is C24H26N2O2S2. The molecule has 2 saturated heterocycles. The Balaban J connectivity index is 1.31. The first kappa shape index (κ1) is 20.0. The van der Waals surface area contributed by atoms with Crippen LogP contribution in [0.3, 0.4) is 0 Å². The lowest BCUT2D eigenvalue weighted by Crippen LogP contribution is -2.39. The van der Waals surface area contributed by atoms with Gasteiger partial charge in [0, 0.05) is 36.3 Å². The maximum Gasteiger partial charge on any atom is 0.255 e. The lowest BCUT2D eigenvalue weighted by atomic mass is 9.98. The van der Waals surface area contributed by atoms with Crippen molar-refractivity contribution >= 4 is 39.2 Å². The van der Waals surface area contributed by atoms with Gasteiger partial charge in [0.2, 0.25) is 0 Å². The summed E-state index contributed by atoms with van der Waals surface area (Å²) in [7, 11) is 0. The maximum absolute atomic E-state index is 13.4. The number of carbonyl (C=O) groups excluding carboxylic acids is 1. The van der Waals surface area contributed by atoms with Crippen molar-refractivity contribution in [2.45, 2.75) is 42.6 Å². The molecule has 0 bridgehead atoms. The van der Waals surface area contributed by atoms with Crippen LogP contribution >= 0.6 is 23.1 Å². The molecule has 0 aliphatic carbocycles. The number of piperidine rings is 1. The van der Waals surface area contributed by atoms with Gasteiger partial charge in [0.25, 0.3) is 5.91 Å². The number of para-hydroxylation sites is 1. The van der Waals surface area contributed by atoms with E-state index in [1.54, 1.807) is 23.1 Å². The summed E-state index contributed by atoms with van der Waals surface area (Å²) in [5, 5.41) is 1.16. The SMILES string of the molecule is O=C(c1ccccc1SC[C@H]1CCCO1)N1CCC[C@@H](c2nc3ccccc3s2)C1. The van der Waals surface area contributed by atoms with E-state index in [-0.39, 0.29) is 5.91 Å². The van der Waals surface area contributed by atoms with Gasteiger partial charge < -0.3 is 9.64 Å². The van der Waals surface area contributed by atoms with Crippen LogP contribution in [0.25, 0.3) is 10.2 Å². The van der Waals surface area contributed by atoms with E-state index in [1.807, 2.05) is 29.2 Å². The molecule has 0 spiro atoms. The van der Waals surface area contributed by atoms with E-state index < -0.39 is 0 Å². The van der Waals surface area contributed by atoms with E-state index in [2.05, 4.69) is 24.3 Å². The number of nitrogens with zero attached hydrogens (tertiary/aromatic N) is 2. The van der Waals surface area contributed by atoms with E-state index in [0.717, 1.165) is 72.1 Å². The fourth-order valence-electron chi connectivity index (χ4n) is 4.33. The normalized spacial score (nSPS) is 21.9. The molecule has 2 aromatic carbocycles. The second-order valence-electron chi connectivity index (χ2n) is 8.05. The molecular weight excluding hydrogens is 412 g/mol. The molecule has 0 radical (unpaired) electrons. The van der Waals surface area contributed by atoms with Crippen LogP contribution in [0.2, 0.25) is 0 Å². The third-order valence-electron chi connectivity index (χ3n) is 5.93. The highest BCUT2D eigenvalue weighted by Crippen LogP contribution is 2.34. The number of hydrogen-bond acceptors (Lipinski definition) is 5. The monoisotopic (exact) mass is 438 g/mol. The Morgan fingerprint density at radius 3 is 2.87 bits per heavy atom. The second kappa shape index (κ2) is 9.08. The Bertz CT molecular complexity index is 996. The van der Waals surface area contributed by atoms with Gasteiger partial charge in [0.05, 0.1) is 26.9 Å². The standard InChI is InChI=1S/C24H26N2O2S2/c27-24(19-9-1-3-11-21(19)29-16-18-8-6-14-28-18)26-13-5-7-17(15-26)23-25-20-10-2-4-12-22(20)30-23/h1-4,9-12,17-18H,5-8,13-16H2/t17-,18-/m1/s1.